The number of tetrazole rings is 1. The fraction of sp³-hybridized carbons (Fsp3) is 0.529. The molecule has 1 aromatic heterocycles. The Hall–Kier alpha value is -1.60. The number of carbonyl (C=O) groups excluding carboxylic acids is 1. The topological polar surface area (TPSA) is 63.9 Å². The number of halogens is 1. The Kier molecular flexibility index (Phi) is 5.64. The Labute approximate surface area is 156 Å². The number of benzene rings is 1. The molecule has 1 fully saturated rings. The summed E-state index contributed by atoms with van der Waals surface area (Å²) in [6.45, 7) is 7.98. The zero-order chi connectivity index (χ0) is 18.0. The number of likely N-dealkylation sites (tertiary alicyclic amines) is 1. The van der Waals surface area contributed by atoms with Crippen molar-refractivity contribution >= 4 is 29.3 Å². The fourth-order valence-corrected chi connectivity index (χ4v) is 4.32. The third kappa shape index (κ3) is 4.33. The molecule has 0 radical (unpaired) electrons. The average Bonchev–Trinajstić information content (AvgIpc) is 3.02. The SMILES string of the molecule is CC1CC(C)CN(C(=O)C(C)Sc2nnnn2-c2ccc(Cl)cc2)C1. The smallest absolute Gasteiger partial charge is 0.235 e. The highest BCUT2D eigenvalue weighted by molar-refractivity contribution is 8.00. The minimum absolute atomic E-state index is 0.147. The Bertz CT molecular complexity index is 725. The first kappa shape index (κ1) is 18.2. The lowest BCUT2D eigenvalue weighted by Crippen LogP contribution is -2.45. The van der Waals surface area contributed by atoms with E-state index in [1.807, 2.05) is 24.0 Å². The molecular weight excluding hydrogens is 358 g/mol. The number of nitrogens with zero attached hydrogens (tertiary/aromatic N) is 5. The van der Waals surface area contributed by atoms with E-state index in [1.54, 1.807) is 16.8 Å². The van der Waals surface area contributed by atoms with E-state index in [-0.39, 0.29) is 11.2 Å². The van der Waals surface area contributed by atoms with Gasteiger partial charge in [0.1, 0.15) is 0 Å². The molecule has 2 aromatic rings. The van der Waals surface area contributed by atoms with Crippen molar-refractivity contribution in [1.82, 2.24) is 25.1 Å². The first-order chi connectivity index (χ1) is 11.9. The molecule has 1 aromatic carbocycles. The van der Waals surface area contributed by atoms with Gasteiger partial charge in [-0.3, -0.25) is 4.79 Å². The van der Waals surface area contributed by atoms with Crippen LogP contribution in [-0.4, -0.2) is 49.4 Å². The van der Waals surface area contributed by atoms with E-state index >= 15 is 0 Å². The van der Waals surface area contributed by atoms with Gasteiger partial charge < -0.3 is 4.90 Å². The third-order valence-corrected chi connectivity index (χ3v) is 5.60. The molecule has 0 bridgehead atoms. The first-order valence-electron chi connectivity index (χ1n) is 8.43. The number of hydrogen-bond acceptors (Lipinski definition) is 5. The zero-order valence-electron chi connectivity index (χ0n) is 14.6. The van der Waals surface area contributed by atoms with Gasteiger partial charge in [0.05, 0.1) is 10.9 Å². The van der Waals surface area contributed by atoms with Crippen molar-refractivity contribution in [2.24, 2.45) is 11.8 Å². The van der Waals surface area contributed by atoms with Gasteiger partial charge >= 0.3 is 0 Å². The first-order valence-corrected chi connectivity index (χ1v) is 9.69. The largest absolute Gasteiger partial charge is 0.341 e. The molecule has 1 amide bonds. The second kappa shape index (κ2) is 7.74. The van der Waals surface area contributed by atoms with Crippen molar-refractivity contribution in [3.05, 3.63) is 29.3 Å². The molecule has 1 saturated heterocycles. The van der Waals surface area contributed by atoms with Crippen LogP contribution in [0.2, 0.25) is 5.02 Å². The minimum Gasteiger partial charge on any atom is -0.341 e. The van der Waals surface area contributed by atoms with E-state index in [0.717, 1.165) is 18.8 Å². The van der Waals surface area contributed by atoms with Crippen LogP contribution in [0.5, 0.6) is 0 Å². The quantitative estimate of drug-likeness (QED) is 0.762. The van der Waals surface area contributed by atoms with Crippen molar-refractivity contribution in [3.8, 4) is 5.69 Å². The molecule has 3 rings (SSSR count). The van der Waals surface area contributed by atoms with Crippen LogP contribution in [-0.2, 0) is 4.79 Å². The molecule has 25 heavy (non-hydrogen) atoms. The highest BCUT2D eigenvalue weighted by Gasteiger charge is 2.29. The van der Waals surface area contributed by atoms with Crippen LogP contribution in [0.1, 0.15) is 27.2 Å². The summed E-state index contributed by atoms with van der Waals surface area (Å²) in [6, 6.07) is 7.28. The maximum absolute atomic E-state index is 12.8. The highest BCUT2D eigenvalue weighted by atomic mass is 35.5. The molecule has 3 atom stereocenters. The number of rotatable bonds is 4. The van der Waals surface area contributed by atoms with Gasteiger partial charge in [-0.25, -0.2) is 0 Å². The van der Waals surface area contributed by atoms with Crippen LogP contribution in [0.4, 0.5) is 0 Å². The number of piperidine rings is 1. The van der Waals surface area contributed by atoms with Gasteiger partial charge in [0.25, 0.3) is 0 Å². The molecule has 6 nitrogen and oxygen atoms in total. The Balaban J connectivity index is 1.71. The lowest BCUT2D eigenvalue weighted by Gasteiger charge is -2.36. The molecule has 1 aliphatic heterocycles. The van der Waals surface area contributed by atoms with Crippen molar-refractivity contribution in [2.45, 2.75) is 37.6 Å². The second-order valence-electron chi connectivity index (χ2n) is 6.80. The van der Waals surface area contributed by atoms with Crippen molar-refractivity contribution in [2.75, 3.05) is 13.1 Å². The van der Waals surface area contributed by atoms with Crippen LogP contribution in [0.25, 0.3) is 5.69 Å². The van der Waals surface area contributed by atoms with Gasteiger partial charge in [0.2, 0.25) is 11.1 Å². The predicted molar refractivity (Wildman–Crippen MR) is 99.0 cm³/mol. The molecule has 134 valence electrons. The normalized spacial score (nSPS) is 22.0. The van der Waals surface area contributed by atoms with Gasteiger partial charge in [-0.1, -0.05) is 37.2 Å². The number of carbonyl (C=O) groups is 1. The monoisotopic (exact) mass is 379 g/mol. The van der Waals surface area contributed by atoms with E-state index in [2.05, 4.69) is 29.4 Å². The Morgan fingerprint density at radius 1 is 1.24 bits per heavy atom. The van der Waals surface area contributed by atoms with E-state index in [0.29, 0.717) is 22.0 Å². The standard InChI is InChI=1S/C17H22ClN5OS/c1-11-8-12(2)10-22(9-11)16(24)13(3)25-17-19-20-21-23(17)15-6-4-14(18)5-7-15/h4-7,11-13H,8-10H2,1-3H3. The summed E-state index contributed by atoms with van der Waals surface area (Å²) < 4.78 is 1.63. The van der Waals surface area contributed by atoms with Crippen molar-refractivity contribution in [1.29, 1.82) is 0 Å². The average molecular weight is 380 g/mol. The van der Waals surface area contributed by atoms with E-state index in [1.165, 1.54) is 18.2 Å². The van der Waals surface area contributed by atoms with Gasteiger partial charge in [-0.15, -0.1) is 5.10 Å². The fourth-order valence-electron chi connectivity index (χ4n) is 3.31. The molecule has 1 aliphatic rings. The summed E-state index contributed by atoms with van der Waals surface area (Å²) in [6.07, 6.45) is 1.18. The van der Waals surface area contributed by atoms with E-state index in [4.69, 9.17) is 11.6 Å². The van der Waals surface area contributed by atoms with Crippen molar-refractivity contribution in [3.63, 3.8) is 0 Å². The maximum Gasteiger partial charge on any atom is 0.235 e. The van der Waals surface area contributed by atoms with Crippen LogP contribution < -0.4 is 0 Å². The van der Waals surface area contributed by atoms with Crippen LogP contribution in [0.15, 0.2) is 29.4 Å². The summed E-state index contributed by atoms with van der Waals surface area (Å²) in [5, 5.41) is 12.9. The summed E-state index contributed by atoms with van der Waals surface area (Å²) >= 11 is 7.31. The van der Waals surface area contributed by atoms with E-state index in [9.17, 15) is 4.79 Å². The molecule has 2 heterocycles. The maximum atomic E-state index is 12.8. The van der Waals surface area contributed by atoms with Crippen LogP contribution in [0.3, 0.4) is 0 Å². The number of hydrogen-bond donors (Lipinski definition) is 0. The van der Waals surface area contributed by atoms with Crippen LogP contribution >= 0.6 is 23.4 Å². The zero-order valence-corrected chi connectivity index (χ0v) is 16.2. The number of aromatic nitrogens is 4. The molecule has 0 spiro atoms. The van der Waals surface area contributed by atoms with Gasteiger partial charge in [0, 0.05) is 18.1 Å². The van der Waals surface area contributed by atoms with Gasteiger partial charge in [-0.2, -0.15) is 4.68 Å². The summed E-state index contributed by atoms with van der Waals surface area (Å²) in [7, 11) is 0. The lowest BCUT2D eigenvalue weighted by molar-refractivity contribution is -0.132. The summed E-state index contributed by atoms with van der Waals surface area (Å²) in [5.41, 5.74) is 0.816. The molecule has 0 saturated carbocycles. The van der Waals surface area contributed by atoms with Gasteiger partial charge in [-0.05, 0) is 59.9 Å². The molecule has 3 unspecified atom stereocenters. The van der Waals surface area contributed by atoms with Crippen LogP contribution in [0, 0.1) is 11.8 Å². The highest BCUT2D eigenvalue weighted by Crippen LogP contribution is 2.27. The molecule has 0 aliphatic carbocycles. The third-order valence-electron chi connectivity index (χ3n) is 4.32. The van der Waals surface area contributed by atoms with E-state index < -0.39 is 0 Å². The summed E-state index contributed by atoms with van der Waals surface area (Å²) in [5.74, 6) is 1.24. The molecule has 0 N–H and O–H groups in total. The Morgan fingerprint density at radius 3 is 2.52 bits per heavy atom. The second-order valence-corrected chi connectivity index (χ2v) is 8.54. The van der Waals surface area contributed by atoms with Crippen molar-refractivity contribution < 1.29 is 4.79 Å². The Morgan fingerprint density at radius 2 is 1.88 bits per heavy atom. The molecular formula is C17H22ClN5OS. The summed E-state index contributed by atoms with van der Waals surface area (Å²) in [4.78, 5) is 14.8. The van der Waals surface area contributed by atoms with Gasteiger partial charge in [0.15, 0.2) is 0 Å². The number of thioether (sulfide) groups is 1. The predicted octanol–water partition coefficient (Wildman–Crippen LogP) is 3.30. The molecule has 8 heteroatoms. The lowest BCUT2D eigenvalue weighted by atomic mass is 9.92. The number of amides is 1. The minimum atomic E-state index is -0.241.